The van der Waals surface area contributed by atoms with Crippen LogP contribution in [0.3, 0.4) is 0 Å². The highest BCUT2D eigenvalue weighted by atomic mass is 19.1. The molecule has 1 aliphatic rings. The van der Waals surface area contributed by atoms with E-state index in [9.17, 15) is 4.39 Å². The number of anilines is 1. The second-order valence-corrected chi connectivity index (χ2v) is 4.95. The lowest BCUT2D eigenvalue weighted by atomic mass is 10.1. The average molecular weight is 236 g/mol. The zero-order valence-corrected chi connectivity index (χ0v) is 10.8. The van der Waals surface area contributed by atoms with Crippen LogP contribution >= 0.6 is 0 Å². The van der Waals surface area contributed by atoms with Gasteiger partial charge in [-0.25, -0.2) is 4.39 Å². The van der Waals surface area contributed by atoms with Gasteiger partial charge in [0.15, 0.2) is 0 Å². The van der Waals surface area contributed by atoms with Crippen molar-refractivity contribution in [1.82, 2.24) is 5.32 Å². The first-order valence-corrected chi connectivity index (χ1v) is 6.38. The molecule has 1 N–H and O–H groups in total. The summed E-state index contributed by atoms with van der Waals surface area (Å²) >= 11 is 0. The van der Waals surface area contributed by atoms with Gasteiger partial charge >= 0.3 is 0 Å². The maximum absolute atomic E-state index is 13.3. The molecule has 0 radical (unpaired) electrons. The van der Waals surface area contributed by atoms with Gasteiger partial charge in [0, 0.05) is 30.9 Å². The third-order valence-corrected chi connectivity index (χ3v) is 3.62. The van der Waals surface area contributed by atoms with Crippen LogP contribution in [0.1, 0.15) is 25.8 Å². The van der Waals surface area contributed by atoms with Crippen LogP contribution < -0.4 is 10.2 Å². The first-order valence-electron chi connectivity index (χ1n) is 6.38. The molecule has 0 bridgehead atoms. The van der Waals surface area contributed by atoms with Gasteiger partial charge in [0.1, 0.15) is 5.82 Å². The van der Waals surface area contributed by atoms with E-state index in [0.717, 1.165) is 30.8 Å². The Hall–Kier alpha value is -1.09. The number of aryl methyl sites for hydroxylation is 1. The highest BCUT2D eigenvalue weighted by Crippen LogP contribution is 2.22. The van der Waals surface area contributed by atoms with Crippen molar-refractivity contribution >= 4 is 5.69 Å². The van der Waals surface area contributed by atoms with Crippen LogP contribution in [0.15, 0.2) is 18.2 Å². The fourth-order valence-electron chi connectivity index (χ4n) is 2.37. The van der Waals surface area contributed by atoms with E-state index in [1.807, 2.05) is 19.1 Å². The Morgan fingerprint density at radius 2 is 2.24 bits per heavy atom. The maximum atomic E-state index is 13.3. The smallest absolute Gasteiger partial charge is 0.126 e. The van der Waals surface area contributed by atoms with Crippen molar-refractivity contribution < 1.29 is 4.39 Å². The van der Waals surface area contributed by atoms with E-state index in [0.29, 0.717) is 12.1 Å². The number of hydrogen-bond donors (Lipinski definition) is 1. The highest BCUT2D eigenvalue weighted by molar-refractivity contribution is 5.50. The number of piperazine rings is 1. The van der Waals surface area contributed by atoms with Crippen molar-refractivity contribution in [2.24, 2.45) is 0 Å². The molecule has 0 saturated carbocycles. The standard InChI is InChI=1S/C14H21FN2/c1-4-12-9-17(11(3)8-16-12)13-5-6-14(15)10(2)7-13/h5-7,11-12,16H,4,8-9H2,1-3H3. The van der Waals surface area contributed by atoms with E-state index < -0.39 is 0 Å². The molecule has 17 heavy (non-hydrogen) atoms. The zero-order chi connectivity index (χ0) is 12.4. The van der Waals surface area contributed by atoms with E-state index in [2.05, 4.69) is 24.1 Å². The summed E-state index contributed by atoms with van der Waals surface area (Å²) in [5.41, 5.74) is 1.86. The predicted octanol–water partition coefficient (Wildman–Crippen LogP) is 2.71. The Kier molecular flexibility index (Phi) is 3.67. The Bertz CT molecular complexity index is 392. The Labute approximate surface area is 103 Å². The minimum Gasteiger partial charge on any atom is -0.366 e. The first kappa shape index (κ1) is 12.4. The number of hydrogen-bond acceptors (Lipinski definition) is 2. The molecule has 0 aromatic heterocycles. The molecular weight excluding hydrogens is 215 g/mol. The molecule has 2 atom stereocenters. The average Bonchev–Trinajstić information content (AvgIpc) is 2.33. The van der Waals surface area contributed by atoms with Crippen LogP contribution in [-0.2, 0) is 0 Å². The normalized spacial score (nSPS) is 25.1. The lowest BCUT2D eigenvalue weighted by Crippen LogP contribution is -2.55. The Morgan fingerprint density at radius 3 is 2.88 bits per heavy atom. The molecule has 2 nitrogen and oxygen atoms in total. The largest absolute Gasteiger partial charge is 0.366 e. The molecule has 1 saturated heterocycles. The van der Waals surface area contributed by atoms with Crippen molar-refractivity contribution in [2.45, 2.75) is 39.3 Å². The summed E-state index contributed by atoms with van der Waals surface area (Å²) in [5.74, 6) is -0.122. The van der Waals surface area contributed by atoms with Gasteiger partial charge in [-0.1, -0.05) is 6.92 Å². The summed E-state index contributed by atoms with van der Waals surface area (Å²) in [6, 6.07) is 6.40. The molecule has 1 aliphatic heterocycles. The van der Waals surface area contributed by atoms with Crippen molar-refractivity contribution in [3.05, 3.63) is 29.6 Å². The topological polar surface area (TPSA) is 15.3 Å². The van der Waals surface area contributed by atoms with Crippen molar-refractivity contribution in [1.29, 1.82) is 0 Å². The zero-order valence-electron chi connectivity index (χ0n) is 10.8. The van der Waals surface area contributed by atoms with Crippen molar-refractivity contribution in [3.8, 4) is 0 Å². The van der Waals surface area contributed by atoms with Gasteiger partial charge in [-0.05, 0) is 44.0 Å². The lowest BCUT2D eigenvalue weighted by molar-refractivity contribution is 0.397. The van der Waals surface area contributed by atoms with Gasteiger partial charge in [0.25, 0.3) is 0 Å². The van der Waals surface area contributed by atoms with Crippen LogP contribution in [0.4, 0.5) is 10.1 Å². The fourth-order valence-corrected chi connectivity index (χ4v) is 2.37. The van der Waals surface area contributed by atoms with E-state index in [4.69, 9.17) is 0 Å². The minimum absolute atomic E-state index is 0.122. The summed E-state index contributed by atoms with van der Waals surface area (Å²) < 4.78 is 13.3. The molecule has 3 heteroatoms. The third kappa shape index (κ3) is 2.60. The predicted molar refractivity (Wildman–Crippen MR) is 70.0 cm³/mol. The minimum atomic E-state index is -0.122. The molecule has 1 fully saturated rings. The maximum Gasteiger partial charge on any atom is 0.126 e. The fraction of sp³-hybridized carbons (Fsp3) is 0.571. The van der Waals surface area contributed by atoms with Gasteiger partial charge in [-0.3, -0.25) is 0 Å². The number of benzene rings is 1. The molecule has 2 rings (SSSR count). The Morgan fingerprint density at radius 1 is 1.47 bits per heavy atom. The molecule has 1 aromatic rings. The third-order valence-electron chi connectivity index (χ3n) is 3.62. The van der Waals surface area contributed by atoms with Crippen LogP contribution in [0.25, 0.3) is 0 Å². The van der Waals surface area contributed by atoms with Gasteiger partial charge in [-0.2, -0.15) is 0 Å². The number of halogens is 1. The van der Waals surface area contributed by atoms with E-state index in [1.54, 1.807) is 6.07 Å². The lowest BCUT2D eigenvalue weighted by Gasteiger charge is -2.40. The summed E-state index contributed by atoms with van der Waals surface area (Å²) in [4.78, 5) is 2.37. The number of rotatable bonds is 2. The van der Waals surface area contributed by atoms with Gasteiger partial charge in [-0.15, -0.1) is 0 Å². The monoisotopic (exact) mass is 236 g/mol. The first-order chi connectivity index (χ1) is 8.11. The number of nitrogens with one attached hydrogen (secondary N) is 1. The molecule has 0 amide bonds. The van der Waals surface area contributed by atoms with Crippen LogP contribution in [0, 0.1) is 12.7 Å². The second kappa shape index (κ2) is 5.05. The van der Waals surface area contributed by atoms with Crippen LogP contribution in [0.2, 0.25) is 0 Å². The van der Waals surface area contributed by atoms with Gasteiger partial charge < -0.3 is 10.2 Å². The van der Waals surface area contributed by atoms with E-state index >= 15 is 0 Å². The van der Waals surface area contributed by atoms with Crippen molar-refractivity contribution in [2.75, 3.05) is 18.0 Å². The quantitative estimate of drug-likeness (QED) is 0.849. The summed E-state index contributed by atoms with van der Waals surface area (Å²) in [7, 11) is 0. The molecule has 1 heterocycles. The van der Waals surface area contributed by atoms with E-state index in [-0.39, 0.29) is 5.82 Å². The summed E-state index contributed by atoms with van der Waals surface area (Å²) in [6.45, 7) is 8.22. The van der Waals surface area contributed by atoms with Crippen LogP contribution in [-0.4, -0.2) is 25.2 Å². The molecule has 94 valence electrons. The summed E-state index contributed by atoms with van der Waals surface area (Å²) in [5, 5.41) is 3.53. The van der Waals surface area contributed by atoms with E-state index in [1.165, 1.54) is 0 Å². The van der Waals surface area contributed by atoms with Crippen molar-refractivity contribution in [3.63, 3.8) is 0 Å². The summed E-state index contributed by atoms with van der Waals surface area (Å²) in [6.07, 6.45) is 1.13. The SMILES string of the molecule is CCC1CN(c2ccc(F)c(C)c2)C(C)CN1. The second-order valence-electron chi connectivity index (χ2n) is 4.95. The van der Waals surface area contributed by atoms with Gasteiger partial charge in [0.2, 0.25) is 0 Å². The number of nitrogens with zero attached hydrogens (tertiary/aromatic N) is 1. The Balaban J connectivity index is 2.21. The van der Waals surface area contributed by atoms with Crippen LogP contribution in [0.5, 0.6) is 0 Å². The molecule has 0 spiro atoms. The molecule has 2 unspecified atom stereocenters. The van der Waals surface area contributed by atoms with Gasteiger partial charge in [0.05, 0.1) is 0 Å². The highest BCUT2D eigenvalue weighted by Gasteiger charge is 2.24. The molecule has 0 aliphatic carbocycles. The molecule has 1 aromatic carbocycles. The molecular formula is C14H21FN2.